The number of ether oxygens (including phenoxy) is 1. The van der Waals surface area contributed by atoms with E-state index in [4.69, 9.17) is 0 Å². The second kappa shape index (κ2) is 8.37. The molecule has 1 aliphatic heterocycles. The van der Waals surface area contributed by atoms with Gasteiger partial charge in [-0.05, 0) is 32.9 Å². The zero-order valence-corrected chi connectivity index (χ0v) is 11.7. The maximum Gasteiger partial charge on any atom is 0.332 e. The topological polar surface area (TPSA) is 41.6 Å². The smallest absolute Gasteiger partial charge is 0.332 e. The van der Waals surface area contributed by atoms with Crippen molar-refractivity contribution in [2.45, 2.75) is 32.7 Å². The number of rotatable bonds is 5. The molecule has 17 heavy (non-hydrogen) atoms. The SMILES string of the molecule is CCN1CCCC1CN/C(C)=C\C(=O)OC.Cl. The molecule has 1 saturated heterocycles. The van der Waals surface area contributed by atoms with Gasteiger partial charge in [-0.3, -0.25) is 4.90 Å². The molecule has 0 aromatic rings. The summed E-state index contributed by atoms with van der Waals surface area (Å²) >= 11 is 0. The highest BCUT2D eigenvalue weighted by molar-refractivity contribution is 5.85. The van der Waals surface area contributed by atoms with E-state index in [1.54, 1.807) is 0 Å². The van der Waals surface area contributed by atoms with Crippen molar-refractivity contribution in [3.8, 4) is 0 Å². The first-order valence-corrected chi connectivity index (χ1v) is 5.91. The fourth-order valence-corrected chi connectivity index (χ4v) is 2.11. The van der Waals surface area contributed by atoms with Crippen molar-refractivity contribution < 1.29 is 9.53 Å². The number of methoxy groups -OCH3 is 1. The summed E-state index contributed by atoms with van der Waals surface area (Å²) in [7, 11) is 1.39. The van der Waals surface area contributed by atoms with Crippen molar-refractivity contribution in [2.24, 2.45) is 0 Å². The Hall–Kier alpha value is -0.740. The van der Waals surface area contributed by atoms with Crippen molar-refractivity contribution >= 4 is 18.4 Å². The molecule has 1 atom stereocenters. The highest BCUT2D eigenvalue weighted by Crippen LogP contribution is 2.15. The quantitative estimate of drug-likeness (QED) is 0.603. The van der Waals surface area contributed by atoms with Gasteiger partial charge in [-0.2, -0.15) is 0 Å². The molecule has 100 valence electrons. The lowest BCUT2D eigenvalue weighted by Gasteiger charge is -2.23. The van der Waals surface area contributed by atoms with Crippen LogP contribution in [0, 0.1) is 0 Å². The monoisotopic (exact) mass is 262 g/mol. The highest BCUT2D eigenvalue weighted by Gasteiger charge is 2.22. The first-order valence-electron chi connectivity index (χ1n) is 5.91. The minimum absolute atomic E-state index is 0. The van der Waals surface area contributed by atoms with Crippen molar-refractivity contribution in [3.05, 3.63) is 11.8 Å². The van der Waals surface area contributed by atoms with Crippen LogP contribution in [0.15, 0.2) is 11.8 Å². The molecule has 0 bridgehead atoms. The zero-order chi connectivity index (χ0) is 12.0. The molecule has 0 saturated carbocycles. The van der Waals surface area contributed by atoms with Gasteiger partial charge in [0.1, 0.15) is 0 Å². The molecule has 1 heterocycles. The number of likely N-dealkylation sites (N-methyl/N-ethyl adjacent to an activating group) is 1. The average molecular weight is 263 g/mol. The third-order valence-electron chi connectivity index (χ3n) is 3.06. The number of allylic oxidation sites excluding steroid dienone is 1. The Morgan fingerprint density at radius 3 is 2.88 bits per heavy atom. The minimum Gasteiger partial charge on any atom is -0.466 e. The second-order valence-corrected chi connectivity index (χ2v) is 4.16. The third-order valence-corrected chi connectivity index (χ3v) is 3.06. The summed E-state index contributed by atoms with van der Waals surface area (Å²) in [4.78, 5) is 13.5. The number of nitrogens with zero attached hydrogens (tertiary/aromatic N) is 1. The van der Waals surface area contributed by atoms with Crippen LogP contribution in [0.1, 0.15) is 26.7 Å². The molecular weight excluding hydrogens is 240 g/mol. The third kappa shape index (κ3) is 5.41. The summed E-state index contributed by atoms with van der Waals surface area (Å²) < 4.78 is 4.57. The molecule has 1 aliphatic rings. The van der Waals surface area contributed by atoms with Crippen LogP contribution in [-0.2, 0) is 9.53 Å². The van der Waals surface area contributed by atoms with Crippen LogP contribution in [0.2, 0.25) is 0 Å². The van der Waals surface area contributed by atoms with Gasteiger partial charge in [0.15, 0.2) is 0 Å². The Kier molecular flexibility index (Phi) is 8.00. The Morgan fingerprint density at radius 2 is 2.29 bits per heavy atom. The van der Waals surface area contributed by atoms with Crippen molar-refractivity contribution in [1.29, 1.82) is 0 Å². The Labute approximate surface area is 110 Å². The van der Waals surface area contributed by atoms with E-state index in [-0.39, 0.29) is 18.4 Å². The number of hydrogen-bond donors (Lipinski definition) is 1. The maximum absolute atomic E-state index is 11.0. The summed E-state index contributed by atoms with van der Waals surface area (Å²) in [5.74, 6) is -0.302. The van der Waals surface area contributed by atoms with Gasteiger partial charge in [0.2, 0.25) is 0 Å². The maximum atomic E-state index is 11.0. The van der Waals surface area contributed by atoms with E-state index in [1.165, 1.54) is 32.6 Å². The fraction of sp³-hybridized carbons (Fsp3) is 0.750. The van der Waals surface area contributed by atoms with E-state index in [1.807, 2.05) is 6.92 Å². The minimum atomic E-state index is -0.302. The zero-order valence-electron chi connectivity index (χ0n) is 10.9. The summed E-state index contributed by atoms with van der Waals surface area (Å²) in [5.41, 5.74) is 0.870. The van der Waals surface area contributed by atoms with Gasteiger partial charge >= 0.3 is 5.97 Å². The first kappa shape index (κ1) is 16.3. The summed E-state index contributed by atoms with van der Waals surface area (Å²) in [6.45, 7) is 7.29. The van der Waals surface area contributed by atoms with Crippen LogP contribution in [0.25, 0.3) is 0 Å². The molecule has 0 amide bonds. The molecule has 1 rings (SSSR count). The highest BCUT2D eigenvalue weighted by atomic mass is 35.5. The Bertz CT molecular complexity index is 269. The van der Waals surface area contributed by atoms with E-state index >= 15 is 0 Å². The van der Waals surface area contributed by atoms with Crippen LogP contribution in [0.4, 0.5) is 0 Å². The number of likely N-dealkylation sites (tertiary alicyclic amines) is 1. The second-order valence-electron chi connectivity index (χ2n) is 4.16. The molecule has 0 aromatic heterocycles. The van der Waals surface area contributed by atoms with Crippen LogP contribution < -0.4 is 5.32 Å². The predicted octanol–water partition coefficient (Wildman–Crippen LogP) is 1.56. The molecule has 0 aliphatic carbocycles. The summed E-state index contributed by atoms with van der Waals surface area (Å²) in [5, 5.41) is 3.27. The van der Waals surface area contributed by atoms with E-state index in [9.17, 15) is 4.79 Å². The first-order chi connectivity index (χ1) is 7.67. The normalized spacial score (nSPS) is 20.9. The number of esters is 1. The number of carbonyl (C=O) groups excluding carboxylic acids is 1. The lowest BCUT2D eigenvalue weighted by molar-refractivity contribution is -0.134. The van der Waals surface area contributed by atoms with Gasteiger partial charge in [-0.25, -0.2) is 4.79 Å². The van der Waals surface area contributed by atoms with Crippen LogP contribution in [0.5, 0.6) is 0 Å². The van der Waals surface area contributed by atoms with Crippen molar-refractivity contribution in [1.82, 2.24) is 10.2 Å². The van der Waals surface area contributed by atoms with Crippen molar-refractivity contribution in [3.63, 3.8) is 0 Å². The largest absolute Gasteiger partial charge is 0.466 e. The molecule has 5 heteroatoms. The molecule has 0 spiro atoms. The molecule has 1 unspecified atom stereocenters. The van der Waals surface area contributed by atoms with Gasteiger partial charge in [-0.15, -0.1) is 12.4 Å². The summed E-state index contributed by atoms with van der Waals surface area (Å²) in [6, 6.07) is 0.603. The standard InChI is InChI=1S/C12H22N2O2.ClH/c1-4-14-7-5-6-11(14)9-13-10(2)8-12(15)16-3;/h8,11,13H,4-7,9H2,1-3H3;1H/b10-8-;. The van der Waals surface area contributed by atoms with Gasteiger partial charge < -0.3 is 10.1 Å². The van der Waals surface area contributed by atoms with Gasteiger partial charge in [-0.1, -0.05) is 6.92 Å². The lowest BCUT2D eigenvalue weighted by Crippen LogP contribution is -2.37. The van der Waals surface area contributed by atoms with Gasteiger partial charge in [0.25, 0.3) is 0 Å². The molecule has 1 N–H and O–H groups in total. The van der Waals surface area contributed by atoms with E-state index < -0.39 is 0 Å². The van der Waals surface area contributed by atoms with Crippen LogP contribution >= 0.6 is 12.4 Å². The number of nitrogens with one attached hydrogen (secondary N) is 1. The van der Waals surface area contributed by atoms with Crippen LogP contribution in [-0.4, -0.2) is 43.7 Å². The number of carbonyl (C=O) groups is 1. The molecular formula is C12H23ClN2O2. The molecule has 0 aromatic carbocycles. The fourth-order valence-electron chi connectivity index (χ4n) is 2.11. The van der Waals surface area contributed by atoms with Gasteiger partial charge in [0.05, 0.1) is 7.11 Å². The van der Waals surface area contributed by atoms with Crippen LogP contribution in [0.3, 0.4) is 0 Å². The van der Waals surface area contributed by atoms with E-state index in [2.05, 4.69) is 21.9 Å². The van der Waals surface area contributed by atoms with E-state index in [0.29, 0.717) is 6.04 Å². The van der Waals surface area contributed by atoms with E-state index in [0.717, 1.165) is 18.8 Å². The molecule has 1 fully saturated rings. The molecule has 0 radical (unpaired) electrons. The number of halogens is 1. The Morgan fingerprint density at radius 1 is 1.59 bits per heavy atom. The lowest BCUT2D eigenvalue weighted by atomic mass is 10.2. The Balaban J connectivity index is 0.00000256. The average Bonchev–Trinajstić information content (AvgIpc) is 2.73. The molecule has 4 nitrogen and oxygen atoms in total. The predicted molar refractivity (Wildman–Crippen MR) is 71.3 cm³/mol. The summed E-state index contributed by atoms with van der Waals surface area (Å²) in [6.07, 6.45) is 4.01. The van der Waals surface area contributed by atoms with Crippen molar-refractivity contribution in [2.75, 3.05) is 26.7 Å². The number of hydrogen-bond acceptors (Lipinski definition) is 4. The van der Waals surface area contributed by atoms with Gasteiger partial charge in [0, 0.05) is 24.4 Å².